The van der Waals surface area contributed by atoms with E-state index >= 15 is 0 Å². The summed E-state index contributed by atoms with van der Waals surface area (Å²) in [6.45, 7) is 5.61. The predicted molar refractivity (Wildman–Crippen MR) is 107 cm³/mol. The van der Waals surface area contributed by atoms with E-state index in [4.69, 9.17) is 0 Å². The second-order valence-electron chi connectivity index (χ2n) is 7.66. The van der Waals surface area contributed by atoms with Crippen molar-refractivity contribution >= 4 is 17.5 Å². The lowest BCUT2D eigenvalue weighted by Gasteiger charge is -2.21. The summed E-state index contributed by atoms with van der Waals surface area (Å²) in [6.07, 6.45) is -4.84. The zero-order valence-electron chi connectivity index (χ0n) is 16.8. The molecule has 2 aromatic carbocycles. The van der Waals surface area contributed by atoms with Crippen LogP contribution in [0.5, 0.6) is 5.75 Å². The first-order valence-electron chi connectivity index (χ1n) is 9.13. The summed E-state index contributed by atoms with van der Waals surface area (Å²) in [5, 5.41) is 5.81. The molecule has 1 aromatic heterocycles. The Morgan fingerprint density at radius 1 is 0.903 bits per heavy atom. The third-order valence-electron chi connectivity index (χ3n) is 3.77. The van der Waals surface area contributed by atoms with Crippen molar-refractivity contribution in [3.05, 3.63) is 60.2 Å². The Hall–Kier alpha value is -3.43. The number of rotatable bonds is 5. The number of halogens is 5. The van der Waals surface area contributed by atoms with Crippen molar-refractivity contribution in [1.82, 2.24) is 9.97 Å². The van der Waals surface area contributed by atoms with Gasteiger partial charge >= 0.3 is 6.36 Å². The second kappa shape index (κ2) is 8.37. The fourth-order valence-electron chi connectivity index (χ4n) is 2.63. The third kappa shape index (κ3) is 6.53. The molecule has 0 amide bonds. The number of hydrogen-bond acceptors (Lipinski definition) is 5. The van der Waals surface area contributed by atoms with Gasteiger partial charge in [0, 0.05) is 23.2 Å². The van der Waals surface area contributed by atoms with E-state index in [1.807, 2.05) is 20.8 Å². The van der Waals surface area contributed by atoms with Crippen LogP contribution in [0.4, 0.5) is 39.4 Å². The Kier molecular flexibility index (Phi) is 6.01. The van der Waals surface area contributed by atoms with Gasteiger partial charge < -0.3 is 15.4 Å². The molecule has 2 N–H and O–H groups in total. The van der Waals surface area contributed by atoms with Crippen LogP contribution in [-0.2, 0) is 0 Å². The summed E-state index contributed by atoms with van der Waals surface area (Å²) < 4.78 is 68.9. The highest BCUT2D eigenvalue weighted by atomic mass is 19.4. The Labute approximate surface area is 175 Å². The van der Waals surface area contributed by atoms with Crippen LogP contribution in [0.15, 0.2) is 48.5 Å². The van der Waals surface area contributed by atoms with Gasteiger partial charge in [0.15, 0.2) is 0 Å². The highest BCUT2D eigenvalue weighted by Gasteiger charge is 2.31. The molecule has 0 aliphatic carbocycles. The van der Waals surface area contributed by atoms with Crippen molar-refractivity contribution in [3.8, 4) is 17.0 Å². The summed E-state index contributed by atoms with van der Waals surface area (Å²) in [6, 6.07) is 9.73. The van der Waals surface area contributed by atoms with E-state index in [-0.39, 0.29) is 23.1 Å². The molecule has 3 rings (SSSR count). The van der Waals surface area contributed by atoms with Gasteiger partial charge in [-0.3, -0.25) is 0 Å². The van der Waals surface area contributed by atoms with Gasteiger partial charge in [-0.1, -0.05) is 12.1 Å². The lowest BCUT2D eigenvalue weighted by Crippen LogP contribution is -2.27. The van der Waals surface area contributed by atoms with E-state index in [0.717, 1.165) is 12.1 Å². The minimum absolute atomic E-state index is 0.0260. The van der Waals surface area contributed by atoms with E-state index < -0.39 is 29.3 Å². The number of ether oxygens (including phenoxy) is 1. The smallest absolute Gasteiger partial charge is 0.406 e. The van der Waals surface area contributed by atoms with Gasteiger partial charge in [-0.2, -0.15) is 4.98 Å². The molecule has 5 nitrogen and oxygen atoms in total. The van der Waals surface area contributed by atoms with Gasteiger partial charge in [0.25, 0.3) is 0 Å². The molecule has 31 heavy (non-hydrogen) atoms. The summed E-state index contributed by atoms with van der Waals surface area (Å²) >= 11 is 0. The number of hydrogen-bond donors (Lipinski definition) is 2. The van der Waals surface area contributed by atoms with Crippen molar-refractivity contribution in [2.24, 2.45) is 0 Å². The Morgan fingerprint density at radius 2 is 1.65 bits per heavy atom. The Bertz CT molecular complexity index is 1080. The normalized spacial score (nSPS) is 11.9. The molecule has 0 fully saturated rings. The van der Waals surface area contributed by atoms with Crippen molar-refractivity contribution in [2.75, 3.05) is 10.6 Å². The van der Waals surface area contributed by atoms with Gasteiger partial charge in [0.1, 0.15) is 23.2 Å². The van der Waals surface area contributed by atoms with Crippen LogP contribution < -0.4 is 15.4 Å². The molecule has 164 valence electrons. The summed E-state index contributed by atoms with van der Waals surface area (Å²) in [5.41, 5.74) is 0.128. The number of alkyl halides is 3. The molecule has 0 unspecified atom stereocenters. The molecule has 3 aromatic rings. The van der Waals surface area contributed by atoms with Gasteiger partial charge in [-0.25, -0.2) is 13.8 Å². The molecule has 0 saturated carbocycles. The Morgan fingerprint density at radius 3 is 2.29 bits per heavy atom. The van der Waals surface area contributed by atoms with Crippen molar-refractivity contribution in [1.29, 1.82) is 0 Å². The average Bonchev–Trinajstić information content (AvgIpc) is 2.61. The van der Waals surface area contributed by atoms with E-state index in [0.29, 0.717) is 5.56 Å². The van der Waals surface area contributed by atoms with Gasteiger partial charge in [0.2, 0.25) is 5.95 Å². The monoisotopic (exact) mass is 438 g/mol. The zero-order chi connectivity index (χ0) is 22.8. The molecule has 10 heteroatoms. The SMILES string of the molecule is CC(C)(C)Nc1nc(Nc2ccc(F)cc2F)cc(-c2cccc(OC(F)(F)F)c2)n1. The summed E-state index contributed by atoms with van der Waals surface area (Å²) in [5.74, 6) is -1.65. The first-order chi connectivity index (χ1) is 14.4. The van der Waals surface area contributed by atoms with E-state index in [1.54, 1.807) is 6.07 Å². The topological polar surface area (TPSA) is 59.1 Å². The molecule has 0 bridgehead atoms. The first kappa shape index (κ1) is 22.3. The maximum Gasteiger partial charge on any atom is 0.573 e. The van der Waals surface area contributed by atoms with Gasteiger partial charge in [0.05, 0.1) is 11.4 Å². The molecule has 0 aliphatic rings. The van der Waals surface area contributed by atoms with Crippen LogP contribution in [-0.4, -0.2) is 21.9 Å². The molecule has 0 radical (unpaired) electrons. The van der Waals surface area contributed by atoms with Crippen LogP contribution in [0.2, 0.25) is 0 Å². The lowest BCUT2D eigenvalue weighted by molar-refractivity contribution is -0.274. The quantitative estimate of drug-likeness (QED) is 0.460. The fourth-order valence-corrected chi connectivity index (χ4v) is 2.63. The molecular weight excluding hydrogens is 419 g/mol. The lowest BCUT2D eigenvalue weighted by atomic mass is 10.1. The highest BCUT2D eigenvalue weighted by Crippen LogP contribution is 2.30. The van der Waals surface area contributed by atoms with Crippen molar-refractivity contribution in [3.63, 3.8) is 0 Å². The summed E-state index contributed by atoms with van der Waals surface area (Å²) in [4.78, 5) is 8.63. The number of nitrogens with zero attached hydrogens (tertiary/aromatic N) is 2. The number of anilines is 3. The molecule has 0 spiro atoms. The van der Waals surface area contributed by atoms with E-state index in [2.05, 4.69) is 25.3 Å². The second-order valence-corrected chi connectivity index (χ2v) is 7.66. The number of nitrogens with one attached hydrogen (secondary N) is 2. The molecule has 0 aliphatic heterocycles. The van der Waals surface area contributed by atoms with Crippen LogP contribution >= 0.6 is 0 Å². The number of aromatic nitrogens is 2. The molecular formula is C21H19F5N4O. The molecule has 1 heterocycles. The van der Waals surface area contributed by atoms with Crippen LogP contribution in [0.25, 0.3) is 11.3 Å². The van der Waals surface area contributed by atoms with Gasteiger partial charge in [-0.05, 0) is 45.0 Å². The Balaban J connectivity index is 2.02. The standard InChI is InChI=1S/C21H19F5N4O/c1-20(2,3)30-19-28-17(12-5-4-6-14(9-12)31-21(24,25)26)11-18(29-19)27-16-8-7-13(22)10-15(16)23/h4-11H,1-3H3,(H2,27,28,29,30). The molecule has 0 atom stereocenters. The largest absolute Gasteiger partial charge is 0.573 e. The molecule has 0 saturated heterocycles. The summed E-state index contributed by atoms with van der Waals surface area (Å²) in [7, 11) is 0. The van der Waals surface area contributed by atoms with Gasteiger partial charge in [-0.15, -0.1) is 13.2 Å². The maximum absolute atomic E-state index is 14.1. The van der Waals surface area contributed by atoms with E-state index in [1.165, 1.54) is 30.3 Å². The highest BCUT2D eigenvalue weighted by molar-refractivity contribution is 5.68. The minimum Gasteiger partial charge on any atom is -0.406 e. The zero-order valence-corrected chi connectivity index (χ0v) is 16.8. The third-order valence-corrected chi connectivity index (χ3v) is 3.77. The fraction of sp³-hybridized carbons (Fsp3) is 0.238. The van der Waals surface area contributed by atoms with Crippen LogP contribution in [0.3, 0.4) is 0 Å². The maximum atomic E-state index is 14.1. The minimum atomic E-state index is -4.84. The van der Waals surface area contributed by atoms with Crippen molar-refractivity contribution in [2.45, 2.75) is 32.7 Å². The first-order valence-corrected chi connectivity index (χ1v) is 9.13. The predicted octanol–water partition coefficient (Wildman–Crippen LogP) is 6.27. The number of benzene rings is 2. The van der Waals surface area contributed by atoms with E-state index in [9.17, 15) is 22.0 Å². The van der Waals surface area contributed by atoms with Crippen LogP contribution in [0, 0.1) is 11.6 Å². The van der Waals surface area contributed by atoms with Crippen molar-refractivity contribution < 1.29 is 26.7 Å². The average molecular weight is 438 g/mol. The van der Waals surface area contributed by atoms with Crippen LogP contribution in [0.1, 0.15) is 20.8 Å².